The SMILES string of the molecule is COC(=O)c1ccc(C(N)CC2CC2)o1. The van der Waals surface area contributed by atoms with E-state index in [0.717, 1.165) is 12.3 Å². The Morgan fingerprint density at radius 1 is 1.67 bits per heavy atom. The van der Waals surface area contributed by atoms with Gasteiger partial charge in [0.05, 0.1) is 13.2 Å². The summed E-state index contributed by atoms with van der Waals surface area (Å²) in [4.78, 5) is 11.1. The van der Waals surface area contributed by atoms with Crippen LogP contribution in [0.4, 0.5) is 0 Å². The maximum atomic E-state index is 11.1. The number of rotatable bonds is 4. The summed E-state index contributed by atoms with van der Waals surface area (Å²) in [6.07, 6.45) is 3.46. The first-order chi connectivity index (χ1) is 7.20. The molecule has 4 heteroatoms. The Hall–Kier alpha value is -1.29. The van der Waals surface area contributed by atoms with E-state index in [-0.39, 0.29) is 11.8 Å². The number of ether oxygens (including phenoxy) is 1. The van der Waals surface area contributed by atoms with Crippen LogP contribution in [0, 0.1) is 5.92 Å². The molecule has 1 aliphatic rings. The zero-order valence-corrected chi connectivity index (χ0v) is 8.73. The highest BCUT2D eigenvalue weighted by atomic mass is 16.5. The standard InChI is InChI=1S/C11H15NO3/c1-14-11(13)10-5-4-9(15-10)8(12)6-7-2-3-7/h4-5,7-8H,2-3,6,12H2,1H3. The van der Waals surface area contributed by atoms with Crippen LogP contribution in [0.2, 0.25) is 0 Å². The van der Waals surface area contributed by atoms with Crippen LogP contribution in [-0.2, 0) is 4.74 Å². The molecule has 15 heavy (non-hydrogen) atoms. The van der Waals surface area contributed by atoms with E-state index in [1.165, 1.54) is 20.0 Å². The molecule has 4 nitrogen and oxygen atoms in total. The summed E-state index contributed by atoms with van der Waals surface area (Å²) < 4.78 is 9.88. The second-order valence-corrected chi connectivity index (χ2v) is 3.98. The van der Waals surface area contributed by atoms with Gasteiger partial charge in [0, 0.05) is 0 Å². The lowest BCUT2D eigenvalue weighted by atomic mass is 10.1. The van der Waals surface area contributed by atoms with Gasteiger partial charge in [0.2, 0.25) is 5.76 Å². The molecule has 1 aliphatic carbocycles. The Bertz CT molecular complexity index is 354. The van der Waals surface area contributed by atoms with Gasteiger partial charge in [-0.25, -0.2) is 4.79 Å². The molecule has 1 unspecified atom stereocenters. The Labute approximate surface area is 88.4 Å². The van der Waals surface area contributed by atoms with E-state index in [4.69, 9.17) is 10.2 Å². The van der Waals surface area contributed by atoms with Gasteiger partial charge in [-0.2, -0.15) is 0 Å². The number of carbonyl (C=O) groups is 1. The first-order valence-corrected chi connectivity index (χ1v) is 5.14. The minimum absolute atomic E-state index is 0.101. The van der Waals surface area contributed by atoms with Crippen LogP contribution >= 0.6 is 0 Å². The quantitative estimate of drug-likeness (QED) is 0.769. The Morgan fingerprint density at radius 3 is 3.00 bits per heavy atom. The van der Waals surface area contributed by atoms with Gasteiger partial charge in [-0.05, 0) is 24.5 Å². The topological polar surface area (TPSA) is 65.5 Å². The molecule has 2 rings (SSSR count). The van der Waals surface area contributed by atoms with Gasteiger partial charge < -0.3 is 14.9 Å². The molecule has 1 atom stereocenters. The van der Waals surface area contributed by atoms with Crippen LogP contribution in [-0.4, -0.2) is 13.1 Å². The second-order valence-electron chi connectivity index (χ2n) is 3.98. The molecule has 82 valence electrons. The van der Waals surface area contributed by atoms with Crippen molar-refractivity contribution in [2.45, 2.75) is 25.3 Å². The van der Waals surface area contributed by atoms with Crippen molar-refractivity contribution in [3.05, 3.63) is 23.7 Å². The Kier molecular flexibility index (Phi) is 2.77. The highest BCUT2D eigenvalue weighted by molar-refractivity contribution is 5.86. The third kappa shape index (κ3) is 2.39. The molecule has 0 aliphatic heterocycles. The van der Waals surface area contributed by atoms with Crippen LogP contribution in [0.5, 0.6) is 0 Å². The van der Waals surface area contributed by atoms with Crippen molar-refractivity contribution < 1.29 is 13.9 Å². The van der Waals surface area contributed by atoms with Crippen molar-refractivity contribution in [3.8, 4) is 0 Å². The highest BCUT2D eigenvalue weighted by Crippen LogP contribution is 2.36. The van der Waals surface area contributed by atoms with Gasteiger partial charge >= 0.3 is 5.97 Å². The molecule has 0 aromatic carbocycles. The van der Waals surface area contributed by atoms with Gasteiger partial charge in [-0.1, -0.05) is 12.8 Å². The first-order valence-electron chi connectivity index (χ1n) is 5.14. The summed E-state index contributed by atoms with van der Waals surface area (Å²) in [7, 11) is 1.33. The van der Waals surface area contributed by atoms with Gasteiger partial charge in [0.15, 0.2) is 0 Å². The van der Waals surface area contributed by atoms with Crippen LogP contribution < -0.4 is 5.73 Å². The fourth-order valence-corrected chi connectivity index (χ4v) is 1.59. The average molecular weight is 209 g/mol. The van der Waals surface area contributed by atoms with E-state index in [9.17, 15) is 4.79 Å². The largest absolute Gasteiger partial charge is 0.463 e. The van der Waals surface area contributed by atoms with Crippen LogP contribution in [0.1, 0.15) is 41.6 Å². The van der Waals surface area contributed by atoms with Crippen LogP contribution in [0.15, 0.2) is 16.5 Å². The second kappa shape index (κ2) is 4.06. The maximum absolute atomic E-state index is 11.1. The zero-order chi connectivity index (χ0) is 10.8. The van der Waals surface area contributed by atoms with Gasteiger partial charge in [0.1, 0.15) is 5.76 Å². The van der Waals surface area contributed by atoms with Crippen molar-refractivity contribution in [3.63, 3.8) is 0 Å². The van der Waals surface area contributed by atoms with E-state index in [0.29, 0.717) is 5.76 Å². The number of methoxy groups -OCH3 is 1. The third-order valence-corrected chi connectivity index (χ3v) is 2.66. The molecule has 0 spiro atoms. The Balaban J connectivity index is 2.01. The molecular formula is C11H15NO3. The molecule has 1 aromatic heterocycles. The van der Waals surface area contributed by atoms with Crippen molar-refractivity contribution in [2.75, 3.05) is 7.11 Å². The van der Waals surface area contributed by atoms with E-state index >= 15 is 0 Å². The summed E-state index contributed by atoms with van der Waals surface area (Å²) in [6.45, 7) is 0. The minimum Gasteiger partial charge on any atom is -0.463 e. The summed E-state index contributed by atoms with van der Waals surface area (Å²) >= 11 is 0. The summed E-state index contributed by atoms with van der Waals surface area (Å²) in [5.74, 6) is 1.17. The average Bonchev–Trinajstić information content (AvgIpc) is 2.91. The van der Waals surface area contributed by atoms with Gasteiger partial charge in [-0.15, -0.1) is 0 Å². The normalized spacial score (nSPS) is 17.5. The van der Waals surface area contributed by atoms with Crippen LogP contribution in [0.25, 0.3) is 0 Å². The molecule has 1 saturated carbocycles. The minimum atomic E-state index is -0.458. The fourth-order valence-electron chi connectivity index (χ4n) is 1.59. The Morgan fingerprint density at radius 2 is 2.40 bits per heavy atom. The molecule has 0 saturated heterocycles. The van der Waals surface area contributed by atoms with Crippen molar-refractivity contribution in [2.24, 2.45) is 11.7 Å². The number of esters is 1. The number of carbonyl (C=O) groups excluding carboxylic acids is 1. The zero-order valence-electron chi connectivity index (χ0n) is 8.73. The number of nitrogens with two attached hydrogens (primary N) is 1. The van der Waals surface area contributed by atoms with E-state index in [2.05, 4.69) is 4.74 Å². The number of hydrogen-bond donors (Lipinski definition) is 1. The van der Waals surface area contributed by atoms with Crippen molar-refractivity contribution in [1.29, 1.82) is 0 Å². The molecule has 1 fully saturated rings. The third-order valence-electron chi connectivity index (χ3n) is 2.66. The van der Waals surface area contributed by atoms with Crippen LogP contribution in [0.3, 0.4) is 0 Å². The van der Waals surface area contributed by atoms with E-state index in [1.807, 2.05) is 0 Å². The predicted molar refractivity (Wildman–Crippen MR) is 54.3 cm³/mol. The van der Waals surface area contributed by atoms with Gasteiger partial charge in [-0.3, -0.25) is 0 Å². The van der Waals surface area contributed by atoms with Gasteiger partial charge in [0.25, 0.3) is 0 Å². The predicted octanol–water partition coefficient (Wildman–Crippen LogP) is 1.87. The summed E-state index contributed by atoms with van der Waals surface area (Å²) in [5.41, 5.74) is 5.94. The first kappa shape index (κ1) is 10.2. The smallest absolute Gasteiger partial charge is 0.373 e. The van der Waals surface area contributed by atoms with Crippen molar-refractivity contribution >= 4 is 5.97 Å². The molecule has 0 bridgehead atoms. The molecule has 1 aromatic rings. The van der Waals surface area contributed by atoms with E-state index < -0.39 is 5.97 Å². The fraction of sp³-hybridized carbons (Fsp3) is 0.545. The molecule has 2 N–H and O–H groups in total. The highest BCUT2D eigenvalue weighted by Gasteiger charge is 2.26. The van der Waals surface area contributed by atoms with Crippen molar-refractivity contribution in [1.82, 2.24) is 0 Å². The lowest BCUT2D eigenvalue weighted by Gasteiger charge is -2.06. The lowest BCUT2D eigenvalue weighted by molar-refractivity contribution is 0.0562. The molecular weight excluding hydrogens is 194 g/mol. The van der Waals surface area contributed by atoms with E-state index in [1.54, 1.807) is 12.1 Å². The summed E-state index contributed by atoms with van der Waals surface area (Å²) in [5, 5.41) is 0. The maximum Gasteiger partial charge on any atom is 0.373 e. The summed E-state index contributed by atoms with van der Waals surface area (Å²) in [6, 6.07) is 3.25. The molecule has 0 amide bonds. The number of furan rings is 1. The number of hydrogen-bond acceptors (Lipinski definition) is 4. The lowest BCUT2D eigenvalue weighted by Crippen LogP contribution is -2.10. The monoisotopic (exact) mass is 209 g/mol. The molecule has 1 heterocycles. The molecule has 0 radical (unpaired) electrons.